The number of nitrogens with one attached hydrogen (secondary N) is 1. The van der Waals surface area contributed by atoms with E-state index >= 15 is 0 Å². The molecule has 0 bridgehead atoms. The summed E-state index contributed by atoms with van der Waals surface area (Å²) in [5, 5.41) is 9.26. The maximum atomic E-state index is 12.9. The number of thiophene rings is 1. The molecule has 3 aromatic heterocycles. The highest BCUT2D eigenvalue weighted by atomic mass is 32.1. The van der Waals surface area contributed by atoms with Crippen molar-refractivity contribution in [3.05, 3.63) is 63.5 Å². The molecule has 0 aliphatic carbocycles. The Labute approximate surface area is 165 Å². The van der Waals surface area contributed by atoms with Gasteiger partial charge in [-0.15, -0.1) is 11.3 Å². The predicted molar refractivity (Wildman–Crippen MR) is 109 cm³/mol. The molecule has 4 rings (SSSR count). The Balaban J connectivity index is 1.60. The van der Waals surface area contributed by atoms with Gasteiger partial charge in [-0.3, -0.25) is 14.0 Å². The van der Waals surface area contributed by atoms with E-state index in [9.17, 15) is 9.59 Å². The Morgan fingerprint density at radius 3 is 2.86 bits per heavy atom. The lowest BCUT2D eigenvalue weighted by Gasteiger charge is -2.11. The maximum Gasteiger partial charge on any atom is 0.291 e. The first-order valence-corrected chi connectivity index (χ1v) is 9.87. The third kappa shape index (κ3) is 3.16. The zero-order chi connectivity index (χ0) is 19.7. The van der Waals surface area contributed by atoms with Crippen LogP contribution in [-0.2, 0) is 24.3 Å². The number of benzene rings is 1. The minimum atomic E-state index is -0.278. The lowest BCUT2D eigenvalue weighted by molar-refractivity contribution is -0.122. The standard InChI is InChI=1S/C20H20N4O3S/c1-3-18-22-23(20(26)15-10-17-14(24(15)18)8-9-28-17)12-19(25)21-11-13-6-4-5-7-16(13)27-2/h4-10H,3,11-12H2,1-2H3,(H,21,25). The fourth-order valence-corrected chi connectivity index (χ4v) is 4.10. The number of nitrogens with zero attached hydrogens (tertiary/aromatic N) is 3. The molecule has 0 atom stereocenters. The summed E-state index contributed by atoms with van der Waals surface area (Å²) in [6, 6.07) is 11.3. The Bertz CT molecular complexity index is 1220. The van der Waals surface area contributed by atoms with E-state index in [0.29, 0.717) is 24.2 Å². The van der Waals surface area contributed by atoms with Gasteiger partial charge in [-0.25, -0.2) is 4.68 Å². The summed E-state index contributed by atoms with van der Waals surface area (Å²) >= 11 is 1.58. The fourth-order valence-electron chi connectivity index (χ4n) is 3.29. The van der Waals surface area contributed by atoms with Crippen LogP contribution in [0.5, 0.6) is 5.75 Å². The Morgan fingerprint density at radius 2 is 2.07 bits per heavy atom. The minimum Gasteiger partial charge on any atom is -0.496 e. The highest BCUT2D eigenvalue weighted by molar-refractivity contribution is 7.17. The Kier molecular flexibility index (Phi) is 4.87. The summed E-state index contributed by atoms with van der Waals surface area (Å²) in [6.45, 7) is 2.17. The number of methoxy groups -OCH3 is 1. The highest BCUT2D eigenvalue weighted by Crippen LogP contribution is 2.24. The van der Waals surface area contributed by atoms with Gasteiger partial charge in [0.05, 0.1) is 17.3 Å². The van der Waals surface area contributed by atoms with E-state index in [1.54, 1.807) is 18.4 Å². The smallest absolute Gasteiger partial charge is 0.291 e. The maximum absolute atomic E-state index is 12.9. The van der Waals surface area contributed by atoms with E-state index in [2.05, 4.69) is 10.4 Å². The molecule has 0 aliphatic rings. The lowest BCUT2D eigenvalue weighted by Crippen LogP contribution is -2.35. The third-order valence-electron chi connectivity index (χ3n) is 4.65. The number of hydrogen-bond acceptors (Lipinski definition) is 5. The fraction of sp³-hybridized carbons (Fsp3) is 0.250. The van der Waals surface area contributed by atoms with Gasteiger partial charge in [0.15, 0.2) is 0 Å². The molecule has 3 heterocycles. The molecule has 0 aliphatic heterocycles. The van der Waals surface area contributed by atoms with Crippen LogP contribution >= 0.6 is 11.3 Å². The summed E-state index contributed by atoms with van der Waals surface area (Å²) in [5.41, 5.74) is 2.13. The molecule has 1 aromatic carbocycles. The van der Waals surface area contributed by atoms with Gasteiger partial charge >= 0.3 is 0 Å². The number of ether oxygens (including phenoxy) is 1. The summed E-state index contributed by atoms with van der Waals surface area (Å²) < 4.78 is 9.46. The van der Waals surface area contributed by atoms with Gasteiger partial charge < -0.3 is 10.1 Å². The van der Waals surface area contributed by atoms with E-state index < -0.39 is 0 Å². The topological polar surface area (TPSA) is 77.6 Å². The van der Waals surface area contributed by atoms with Crippen LogP contribution in [0, 0.1) is 0 Å². The Hall–Kier alpha value is -3.13. The second-order valence-corrected chi connectivity index (χ2v) is 7.30. The van der Waals surface area contributed by atoms with Crippen molar-refractivity contribution in [2.24, 2.45) is 0 Å². The van der Waals surface area contributed by atoms with Gasteiger partial charge in [0.2, 0.25) is 5.91 Å². The van der Waals surface area contributed by atoms with Crippen LogP contribution in [-0.4, -0.2) is 27.2 Å². The number of carbonyl (C=O) groups excluding carboxylic acids is 1. The molecule has 0 saturated heterocycles. The average Bonchev–Trinajstić information content (AvgIpc) is 3.30. The van der Waals surface area contributed by atoms with Crippen molar-refractivity contribution in [2.45, 2.75) is 26.4 Å². The third-order valence-corrected chi connectivity index (χ3v) is 5.50. The molecular weight excluding hydrogens is 376 g/mol. The molecule has 1 N–H and O–H groups in total. The molecule has 8 heteroatoms. The Morgan fingerprint density at radius 1 is 1.25 bits per heavy atom. The number of carbonyl (C=O) groups is 1. The van der Waals surface area contributed by atoms with Gasteiger partial charge in [-0.1, -0.05) is 25.1 Å². The van der Waals surface area contributed by atoms with E-state index in [4.69, 9.17) is 4.74 Å². The lowest BCUT2D eigenvalue weighted by atomic mass is 10.2. The second kappa shape index (κ2) is 7.47. The molecule has 4 aromatic rings. The zero-order valence-corrected chi connectivity index (χ0v) is 16.5. The van der Waals surface area contributed by atoms with Gasteiger partial charge in [0, 0.05) is 18.5 Å². The summed E-state index contributed by atoms with van der Waals surface area (Å²) in [6.07, 6.45) is 0.652. The first kappa shape index (κ1) is 18.2. The van der Waals surface area contributed by atoms with Crippen LogP contribution in [0.4, 0.5) is 0 Å². The number of amides is 1. The van der Waals surface area contributed by atoms with Gasteiger partial charge in [-0.05, 0) is 23.6 Å². The molecule has 0 unspecified atom stereocenters. The van der Waals surface area contributed by atoms with Crippen molar-refractivity contribution in [3.8, 4) is 5.75 Å². The highest BCUT2D eigenvalue weighted by Gasteiger charge is 2.16. The van der Waals surface area contributed by atoms with E-state index in [1.807, 2.05) is 53.1 Å². The second-order valence-electron chi connectivity index (χ2n) is 6.36. The predicted octanol–water partition coefficient (Wildman–Crippen LogP) is 2.60. The molecule has 1 amide bonds. The van der Waals surface area contributed by atoms with Crippen LogP contribution in [0.25, 0.3) is 15.7 Å². The molecule has 144 valence electrons. The van der Waals surface area contributed by atoms with E-state index in [0.717, 1.165) is 21.6 Å². The van der Waals surface area contributed by atoms with Crippen molar-refractivity contribution in [1.82, 2.24) is 19.5 Å². The van der Waals surface area contributed by atoms with Gasteiger partial charge in [-0.2, -0.15) is 5.10 Å². The number of aromatic nitrogens is 3. The van der Waals surface area contributed by atoms with Crippen molar-refractivity contribution in [2.75, 3.05) is 7.11 Å². The van der Waals surface area contributed by atoms with Crippen molar-refractivity contribution >= 4 is 33.0 Å². The van der Waals surface area contributed by atoms with Crippen LogP contribution in [0.3, 0.4) is 0 Å². The molecule has 0 radical (unpaired) electrons. The van der Waals surface area contributed by atoms with Crippen molar-refractivity contribution in [1.29, 1.82) is 0 Å². The zero-order valence-electron chi connectivity index (χ0n) is 15.6. The van der Waals surface area contributed by atoms with Crippen LogP contribution in [0.2, 0.25) is 0 Å². The normalized spacial score (nSPS) is 11.2. The molecule has 28 heavy (non-hydrogen) atoms. The SMILES string of the molecule is CCc1nn(CC(=O)NCc2ccccc2OC)c(=O)c2cc3sccc3n12. The monoisotopic (exact) mass is 396 g/mol. The number of aryl methyl sites for hydroxylation is 1. The molecular formula is C20H20N4O3S. The van der Waals surface area contributed by atoms with Crippen LogP contribution in [0.15, 0.2) is 46.6 Å². The van der Waals surface area contributed by atoms with Crippen LogP contribution < -0.4 is 15.6 Å². The summed E-state index contributed by atoms with van der Waals surface area (Å²) in [4.78, 5) is 25.3. The van der Waals surface area contributed by atoms with Crippen LogP contribution in [0.1, 0.15) is 18.3 Å². The first-order valence-electron chi connectivity index (χ1n) is 8.99. The van der Waals surface area contributed by atoms with Crippen molar-refractivity contribution in [3.63, 3.8) is 0 Å². The molecule has 0 spiro atoms. The molecule has 0 fully saturated rings. The minimum absolute atomic E-state index is 0.129. The average molecular weight is 396 g/mol. The van der Waals surface area contributed by atoms with E-state index in [-0.39, 0.29) is 18.0 Å². The largest absolute Gasteiger partial charge is 0.496 e. The first-order chi connectivity index (χ1) is 13.6. The van der Waals surface area contributed by atoms with Crippen molar-refractivity contribution < 1.29 is 9.53 Å². The number of hydrogen-bond donors (Lipinski definition) is 1. The van der Waals surface area contributed by atoms with Gasteiger partial charge in [0.1, 0.15) is 23.6 Å². The van der Waals surface area contributed by atoms with Gasteiger partial charge in [0.25, 0.3) is 5.56 Å². The number of para-hydroxylation sites is 1. The number of fused-ring (bicyclic) bond motifs is 3. The quantitative estimate of drug-likeness (QED) is 0.543. The van der Waals surface area contributed by atoms with E-state index in [1.165, 1.54) is 4.68 Å². The molecule has 7 nitrogen and oxygen atoms in total. The summed E-state index contributed by atoms with van der Waals surface area (Å²) in [7, 11) is 1.59. The summed E-state index contributed by atoms with van der Waals surface area (Å²) in [5.74, 6) is 1.18. The number of rotatable bonds is 6. The molecule has 0 saturated carbocycles.